The van der Waals surface area contributed by atoms with Crippen molar-refractivity contribution in [3.8, 4) is 5.75 Å². The van der Waals surface area contributed by atoms with E-state index in [1.54, 1.807) is 0 Å². The van der Waals surface area contributed by atoms with Gasteiger partial charge in [0.2, 0.25) is 5.91 Å². The lowest BCUT2D eigenvalue weighted by Gasteiger charge is -2.27. The number of carbonyl (C=O) groups is 1. The molecule has 0 unspecified atom stereocenters. The summed E-state index contributed by atoms with van der Waals surface area (Å²) in [5.74, 6) is 0.885. The monoisotopic (exact) mass is 341 g/mol. The van der Waals surface area contributed by atoms with Crippen molar-refractivity contribution in [3.05, 3.63) is 36.0 Å². The fraction of sp³-hybridized carbons (Fsp3) is 0.474. The second-order valence-electron chi connectivity index (χ2n) is 6.72. The van der Waals surface area contributed by atoms with Crippen LogP contribution in [0.15, 0.2) is 30.3 Å². The van der Waals surface area contributed by atoms with Crippen molar-refractivity contribution in [2.24, 2.45) is 5.92 Å². The molecule has 2 aliphatic rings. The lowest BCUT2D eigenvalue weighted by Crippen LogP contribution is -2.41. The second-order valence-corrected chi connectivity index (χ2v) is 6.72. The number of aromatic nitrogens is 1. The van der Waals surface area contributed by atoms with Crippen molar-refractivity contribution in [1.29, 1.82) is 0 Å². The Labute approximate surface area is 147 Å². The number of carbonyl (C=O) groups excluding carboxylic acids is 1. The number of hydrogen-bond acceptors (Lipinski definition) is 5. The number of rotatable bonds is 4. The summed E-state index contributed by atoms with van der Waals surface area (Å²) in [5, 5.41) is 4.14. The van der Waals surface area contributed by atoms with Crippen LogP contribution in [0.4, 0.5) is 0 Å². The van der Waals surface area contributed by atoms with Gasteiger partial charge < -0.3 is 14.8 Å². The topological polar surface area (TPSA) is 63.7 Å². The Hall–Kier alpha value is -2.18. The minimum atomic E-state index is -0.0956. The summed E-state index contributed by atoms with van der Waals surface area (Å²) in [6.45, 7) is 5.98. The van der Waals surface area contributed by atoms with Crippen LogP contribution < -0.4 is 10.1 Å². The molecule has 1 aromatic heterocycles. The second kappa shape index (κ2) is 6.98. The molecule has 2 atom stereocenters. The number of pyridine rings is 1. The molecule has 0 aliphatic carbocycles. The minimum absolute atomic E-state index is 0.0641. The lowest BCUT2D eigenvalue weighted by molar-refractivity contribution is -0.125. The molecule has 3 heterocycles. The highest BCUT2D eigenvalue weighted by atomic mass is 16.5. The van der Waals surface area contributed by atoms with Crippen LogP contribution in [0.2, 0.25) is 0 Å². The van der Waals surface area contributed by atoms with Crippen LogP contribution >= 0.6 is 0 Å². The van der Waals surface area contributed by atoms with E-state index >= 15 is 0 Å². The quantitative estimate of drug-likeness (QED) is 0.915. The van der Waals surface area contributed by atoms with Crippen LogP contribution in [0.3, 0.4) is 0 Å². The van der Waals surface area contributed by atoms with Gasteiger partial charge in [0.05, 0.1) is 43.0 Å². The maximum absolute atomic E-state index is 12.1. The molecule has 0 saturated carbocycles. The summed E-state index contributed by atoms with van der Waals surface area (Å²) in [7, 11) is 0. The zero-order chi connectivity index (χ0) is 17.2. The van der Waals surface area contributed by atoms with Crippen molar-refractivity contribution in [2.45, 2.75) is 19.5 Å². The fourth-order valence-corrected chi connectivity index (χ4v) is 3.57. The Kier molecular flexibility index (Phi) is 4.55. The van der Waals surface area contributed by atoms with Gasteiger partial charge in [-0.2, -0.15) is 0 Å². The molecule has 1 amide bonds. The average Bonchev–Trinajstić information content (AvgIpc) is 2.84. The van der Waals surface area contributed by atoms with Crippen molar-refractivity contribution < 1.29 is 14.3 Å². The summed E-state index contributed by atoms with van der Waals surface area (Å²) in [4.78, 5) is 19.2. The van der Waals surface area contributed by atoms with Crippen molar-refractivity contribution in [1.82, 2.24) is 15.2 Å². The van der Waals surface area contributed by atoms with Crippen LogP contribution in [0, 0.1) is 5.92 Å². The van der Waals surface area contributed by atoms with Gasteiger partial charge in [0, 0.05) is 25.0 Å². The Morgan fingerprint density at radius 3 is 3.08 bits per heavy atom. The molecule has 2 bridgehead atoms. The van der Waals surface area contributed by atoms with Crippen molar-refractivity contribution in [2.75, 3.05) is 32.9 Å². The number of amides is 1. The highest BCUT2D eigenvalue weighted by Gasteiger charge is 2.33. The first-order chi connectivity index (χ1) is 12.2. The van der Waals surface area contributed by atoms with Gasteiger partial charge >= 0.3 is 0 Å². The van der Waals surface area contributed by atoms with Gasteiger partial charge in [-0.25, -0.2) is 0 Å². The van der Waals surface area contributed by atoms with Gasteiger partial charge in [-0.3, -0.25) is 14.7 Å². The third kappa shape index (κ3) is 3.60. The Balaban J connectivity index is 1.52. The molecule has 2 aromatic rings. The Morgan fingerprint density at radius 2 is 2.20 bits per heavy atom. The first-order valence-corrected chi connectivity index (χ1v) is 8.84. The summed E-state index contributed by atoms with van der Waals surface area (Å²) in [6, 6.07) is 10.2. The van der Waals surface area contributed by atoms with Crippen LogP contribution in [0.1, 0.15) is 12.6 Å². The molecule has 2 fully saturated rings. The van der Waals surface area contributed by atoms with Crippen molar-refractivity contribution >= 4 is 16.8 Å². The summed E-state index contributed by atoms with van der Waals surface area (Å²) in [5.41, 5.74) is 1.98. The zero-order valence-corrected chi connectivity index (χ0v) is 14.4. The molecule has 6 heteroatoms. The van der Waals surface area contributed by atoms with Crippen LogP contribution in [-0.2, 0) is 16.1 Å². The lowest BCUT2D eigenvalue weighted by atomic mass is 10.1. The van der Waals surface area contributed by atoms with E-state index < -0.39 is 0 Å². The van der Waals surface area contributed by atoms with E-state index in [9.17, 15) is 4.79 Å². The molecular formula is C19H23N3O3. The van der Waals surface area contributed by atoms with Gasteiger partial charge in [0.1, 0.15) is 5.75 Å². The Bertz CT molecular complexity index is 780. The highest BCUT2D eigenvalue weighted by Crippen LogP contribution is 2.21. The maximum atomic E-state index is 12.1. The van der Waals surface area contributed by atoms with Crippen molar-refractivity contribution in [3.63, 3.8) is 0 Å². The SMILES string of the molecule is CCOc1ccc2nc(CN3C[C@H]4COC[C@@H](C3)C(=O)N4)ccc2c1. The molecule has 6 nitrogen and oxygen atoms in total. The van der Waals surface area contributed by atoms with Gasteiger partial charge in [0.25, 0.3) is 0 Å². The van der Waals surface area contributed by atoms with E-state index in [2.05, 4.69) is 22.3 Å². The number of nitrogens with one attached hydrogen (secondary N) is 1. The van der Waals surface area contributed by atoms with E-state index in [0.29, 0.717) is 26.4 Å². The molecule has 132 valence electrons. The predicted molar refractivity (Wildman–Crippen MR) is 94.4 cm³/mol. The molecule has 0 spiro atoms. The molecule has 4 rings (SSSR count). The molecule has 0 radical (unpaired) electrons. The van der Waals surface area contributed by atoms with Crippen LogP contribution in [0.25, 0.3) is 10.9 Å². The summed E-state index contributed by atoms with van der Waals surface area (Å²) in [6.07, 6.45) is 0. The first kappa shape index (κ1) is 16.3. The number of nitrogens with zero attached hydrogens (tertiary/aromatic N) is 2. The van der Waals surface area contributed by atoms with E-state index in [0.717, 1.165) is 35.4 Å². The first-order valence-electron chi connectivity index (χ1n) is 8.84. The largest absolute Gasteiger partial charge is 0.494 e. The van der Waals surface area contributed by atoms with Gasteiger partial charge in [-0.05, 0) is 31.2 Å². The number of benzene rings is 1. The molecule has 1 N–H and O–H groups in total. The molecular weight excluding hydrogens is 318 g/mol. The number of ether oxygens (including phenoxy) is 2. The number of fused-ring (bicyclic) bond motifs is 4. The minimum Gasteiger partial charge on any atom is -0.494 e. The third-order valence-electron chi connectivity index (χ3n) is 4.73. The number of hydrogen-bond donors (Lipinski definition) is 1. The molecule has 2 aliphatic heterocycles. The zero-order valence-electron chi connectivity index (χ0n) is 14.4. The van der Waals surface area contributed by atoms with Crippen LogP contribution in [-0.4, -0.2) is 54.7 Å². The molecule has 25 heavy (non-hydrogen) atoms. The summed E-state index contributed by atoms with van der Waals surface area (Å²) < 4.78 is 11.1. The Morgan fingerprint density at radius 1 is 1.28 bits per heavy atom. The average molecular weight is 341 g/mol. The van der Waals surface area contributed by atoms with Gasteiger partial charge in [-0.1, -0.05) is 6.07 Å². The van der Waals surface area contributed by atoms with E-state index in [1.165, 1.54) is 0 Å². The third-order valence-corrected chi connectivity index (χ3v) is 4.73. The standard InChI is InChI=1S/C19H23N3O3/c1-2-25-17-5-6-18-13(7-17)3-4-15(20-18)9-22-8-14-11-24-12-16(10-22)21-19(14)23/h3-7,14,16H,2,8-12H2,1H3,(H,21,23)/t14-,16+/m1/s1. The fourth-order valence-electron chi connectivity index (χ4n) is 3.57. The van der Waals surface area contributed by atoms with Gasteiger partial charge in [-0.15, -0.1) is 0 Å². The molecule has 1 aromatic carbocycles. The smallest absolute Gasteiger partial charge is 0.227 e. The van der Waals surface area contributed by atoms with E-state index in [1.807, 2.05) is 25.1 Å². The van der Waals surface area contributed by atoms with E-state index in [-0.39, 0.29) is 17.9 Å². The molecule has 2 saturated heterocycles. The normalized spacial score (nSPS) is 24.0. The van der Waals surface area contributed by atoms with E-state index in [4.69, 9.17) is 14.5 Å². The highest BCUT2D eigenvalue weighted by molar-refractivity contribution is 5.80. The maximum Gasteiger partial charge on any atom is 0.227 e. The predicted octanol–water partition coefficient (Wildman–Crippen LogP) is 1.58. The van der Waals surface area contributed by atoms with Crippen LogP contribution in [0.5, 0.6) is 5.75 Å². The van der Waals surface area contributed by atoms with Gasteiger partial charge in [0.15, 0.2) is 0 Å². The summed E-state index contributed by atoms with van der Waals surface area (Å²) >= 11 is 0.